The Morgan fingerprint density at radius 1 is 1.20 bits per heavy atom. The van der Waals surface area contributed by atoms with Crippen molar-refractivity contribution in [3.63, 3.8) is 0 Å². The first-order chi connectivity index (χ1) is 12.0. The molecule has 4 rings (SSSR count). The lowest BCUT2D eigenvalue weighted by Gasteiger charge is -2.23. The van der Waals surface area contributed by atoms with Crippen molar-refractivity contribution in [2.45, 2.75) is 30.5 Å². The summed E-state index contributed by atoms with van der Waals surface area (Å²) in [7, 11) is -2.03. The lowest BCUT2D eigenvalue weighted by molar-refractivity contribution is 0.420. The zero-order chi connectivity index (χ0) is 17.4. The van der Waals surface area contributed by atoms with Crippen molar-refractivity contribution in [1.29, 1.82) is 0 Å². The molecule has 1 unspecified atom stereocenters. The summed E-state index contributed by atoms with van der Waals surface area (Å²) in [4.78, 5) is 4.67. The van der Waals surface area contributed by atoms with Gasteiger partial charge in [-0.2, -0.15) is 0 Å². The first-order valence-corrected chi connectivity index (χ1v) is 9.50. The van der Waals surface area contributed by atoms with Crippen molar-refractivity contribution in [2.24, 2.45) is 7.05 Å². The van der Waals surface area contributed by atoms with Crippen molar-refractivity contribution in [2.75, 3.05) is 0 Å². The van der Waals surface area contributed by atoms with Gasteiger partial charge in [0.2, 0.25) is 5.03 Å². The summed E-state index contributed by atoms with van der Waals surface area (Å²) in [6.45, 7) is 0.550. The Labute approximate surface area is 145 Å². The standard InChI is InChI=1S/C16H18N6O2S/c1-21-11-16(18-20-21)25(23,24)19-13-7-8-15-17-14(10-22(15)9-13)12-5-3-2-4-6-12/h2-6,10-11,13,19H,7-9H2,1H3. The van der Waals surface area contributed by atoms with Gasteiger partial charge in [-0.1, -0.05) is 35.5 Å². The van der Waals surface area contributed by atoms with Gasteiger partial charge >= 0.3 is 0 Å². The Bertz CT molecular complexity index is 993. The van der Waals surface area contributed by atoms with E-state index in [9.17, 15) is 8.42 Å². The van der Waals surface area contributed by atoms with Crippen molar-refractivity contribution in [1.82, 2.24) is 29.3 Å². The largest absolute Gasteiger partial charge is 0.333 e. The molecule has 1 N–H and O–H groups in total. The molecule has 2 aromatic heterocycles. The number of nitrogens with one attached hydrogen (secondary N) is 1. The van der Waals surface area contributed by atoms with Crippen LogP contribution in [0.3, 0.4) is 0 Å². The quantitative estimate of drug-likeness (QED) is 0.750. The fourth-order valence-corrected chi connectivity index (χ4v) is 4.20. The van der Waals surface area contributed by atoms with E-state index in [1.807, 2.05) is 41.1 Å². The van der Waals surface area contributed by atoms with Crippen LogP contribution in [0.25, 0.3) is 11.3 Å². The molecule has 0 bridgehead atoms. The summed E-state index contributed by atoms with van der Waals surface area (Å²) in [5.41, 5.74) is 1.97. The summed E-state index contributed by atoms with van der Waals surface area (Å²) in [6, 6.07) is 9.76. The van der Waals surface area contributed by atoms with E-state index in [0.29, 0.717) is 13.0 Å². The Morgan fingerprint density at radius 3 is 2.72 bits per heavy atom. The van der Waals surface area contributed by atoms with E-state index in [0.717, 1.165) is 23.5 Å². The monoisotopic (exact) mass is 358 g/mol. The minimum absolute atomic E-state index is 0.0589. The predicted octanol–water partition coefficient (Wildman–Crippen LogP) is 0.972. The first kappa shape index (κ1) is 16.0. The van der Waals surface area contributed by atoms with E-state index >= 15 is 0 Å². The number of imidazole rings is 1. The Morgan fingerprint density at radius 2 is 2.00 bits per heavy atom. The molecule has 1 atom stereocenters. The predicted molar refractivity (Wildman–Crippen MR) is 91.1 cm³/mol. The molecule has 0 fully saturated rings. The number of sulfonamides is 1. The van der Waals surface area contributed by atoms with Gasteiger partial charge in [0.1, 0.15) is 5.82 Å². The van der Waals surface area contributed by atoms with E-state index in [2.05, 4.69) is 20.0 Å². The van der Waals surface area contributed by atoms with E-state index in [1.54, 1.807) is 7.05 Å². The number of benzene rings is 1. The number of rotatable bonds is 4. The molecular formula is C16H18N6O2S. The van der Waals surface area contributed by atoms with Crippen LogP contribution >= 0.6 is 0 Å². The highest BCUT2D eigenvalue weighted by Gasteiger charge is 2.27. The second-order valence-corrected chi connectivity index (χ2v) is 7.81. The van der Waals surface area contributed by atoms with Crippen LogP contribution in [0.2, 0.25) is 0 Å². The smallest absolute Gasteiger partial charge is 0.261 e. The van der Waals surface area contributed by atoms with Gasteiger partial charge in [0.05, 0.1) is 11.9 Å². The zero-order valence-corrected chi connectivity index (χ0v) is 14.5. The summed E-state index contributed by atoms with van der Waals surface area (Å²) in [6.07, 6.45) is 4.79. The molecule has 9 heteroatoms. The minimum atomic E-state index is -3.67. The van der Waals surface area contributed by atoms with Crippen LogP contribution in [0.1, 0.15) is 12.2 Å². The van der Waals surface area contributed by atoms with Crippen LogP contribution in [-0.2, 0) is 30.0 Å². The Hall–Kier alpha value is -2.52. The second kappa shape index (κ2) is 6.08. The molecule has 0 saturated heterocycles. The van der Waals surface area contributed by atoms with Gasteiger partial charge in [0.25, 0.3) is 10.0 Å². The molecule has 3 heterocycles. The van der Waals surface area contributed by atoms with Gasteiger partial charge in [0, 0.05) is 37.8 Å². The maximum atomic E-state index is 12.4. The molecule has 25 heavy (non-hydrogen) atoms. The third kappa shape index (κ3) is 3.20. The van der Waals surface area contributed by atoms with Crippen LogP contribution in [0.5, 0.6) is 0 Å². The molecule has 0 radical (unpaired) electrons. The number of hydrogen-bond acceptors (Lipinski definition) is 5. The summed E-state index contributed by atoms with van der Waals surface area (Å²) >= 11 is 0. The van der Waals surface area contributed by atoms with Gasteiger partial charge in [-0.25, -0.2) is 18.1 Å². The number of hydrogen-bond donors (Lipinski definition) is 1. The minimum Gasteiger partial charge on any atom is -0.333 e. The molecule has 0 spiro atoms. The highest BCUT2D eigenvalue weighted by molar-refractivity contribution is 7.89. The van der Waals surface area contributed by atoms with Crippen molar-refractivity contribution in [3.05, 3.63) is 48.5 Å². The van der Waals surface area contributed by atoms with Crippen molar-refractivity contribution >= 4 is 10.0 Å². The maximum absolute atomic E-state index is 12.4. The van der Waals surface area contributed by atoms with E-state index in [4.69, 9.17) is 0 Å². The number of fused-ring (bicyclic) bond motifs is 1. The second-order valence-electron chi connectivity index (χ2n) is 6.15. The molecule has 0 saturated carbocycles. The van der Waals surface area contributed by atoms with Gasteiger partial charge in [-0.05, 0) is 6.42 Å². The summed E-state index contributed by atoms with van der Waals surface area (Å²) in [5, 5.41) is 7.31. The van der Waals surface area contributed by atoms with Crippen LogP contribution in [0.4, 0.5) is 0 Å². The zero-order valence-electron chi connectivity index (χ0n) is 13.7. The van der Waals surface area contributed by atoms with Crippen LogP contribution in [-0.4, -0.2) is 39.0 Å². The molecule has 1 aromatic carbocycles. The fourth-order valence-electron chi connectivity index (χ4n) is 3.02. The van der Waals surface area contributed by atoms with Crippen molar-refractivity contribution in [3.8, 4) is 11.3 Å². The highest BCUT2D eigenvalue weighted by Crippen LogP contribution is 2.23. The summed E-state index contributed by atoms with van der Waals surface area (Å²) < 4.78 is 30.9. The highest BCUT2D eigenvalue weighted by atomic mass is 32.2. The number of aryl methyl sites for hydroxylation is 2. The molecule has 3 aromatic rings. The normalized spacial score (nSPS) is 17.4. The van der Waals surface area contributed by atoms with Gasteiger partial charge < -0.3 is 4.57 Å². The van der Waals surface area contributed by atoms with Crippen LogP contribution in [0, 0.1) is 0 Å². The third-order valence-corrected chi connectivity index (χ3v) is 5.62. The lowest BCUT2D eigenvalue weighted by atomic mass is 10.1. The molecule has 1 aliphatic heterocycles. The maximum Gasteiger partial charge on any atom is 0.261 e. The van der Waals surface area contributed by atoms with Crippen LogP contribution < -0.4 is 4.72 Å². The molecule has 0 amide bonds. The van der Waals surface area contributed by atoms with Gasteiger partial charge in [0.15, 0.2) is 0 Å². The SMILES string of the molecule is Cn1cc(S(=O)(=O)NC2CCc3nc(-c4ccccc4)cn3C2)nn1. The van der Waals surface area contributed by atoms with E-state index in [-0.39, 0.29) is 11.1 Å². The molecule has 1 aliphatic rings. The molecule has 130 valence electrons. The molecular weight excluding hydrogens is 340 g/mol. The average Bonchev–Trinajstić information content (AvgIpc) is 3.21. The number of nitrogens with zero attached hydrogens (tertiary/aromatic N) is 5. The topological polar surface area (TPSA) is 94.7 Å². The van der Waals surface area contributed by atoms with Gasteiger partial charge in [-0.15, -0.1) is 5.10 Å². The van der Waals surface area contributed by atoms with Crippen LogP contribution in [0.15, 0.2) is 47.8 Å². The molecule has 8 nitrogen and oxygen atoms in total. The summed E-state index contributed by atoms with van der Waals surface area (Å²) in [5.74, 6) is 0.980. The van der Waals surface area contributed by atoms with E-state index < -0.39 is 10.0 Å². The first-order valence-electron chi connectivity index (χ1n) is 8.01. The molecule has 0 aliphatic carbocycles. The fraction of sp³-hybridized carbons (Fsp3) is 0.312. The third-order valence-electron chi connectivity index (χ3n) is 4.24. The average molecular weight is 358 g/mol. The Balaban J connectivity index is 1.52. The van der Waals surface area contributed by atoms with E-state index in [1.165, 1.54) is 10.9 Å². The van der Waals surface area contributed by atoms with Crippen molar-refractivity contribution < 1.29 is 8.42 Å². The number of aromatic nitrogens is 5. The van der Waals surface area contributed by atoms with Gasteiger partial charge in [-0.3, -0.25) is 4.68 Å². The Kier molecular flexibility index (Phi) is 3.89. The lowest BCUT2D eigenvalue weighted by Crippen LogP contribution is -2.40.